The normalized spacial score (nSPS) is 12.0. The summed E-state index contributed by atoms with van der Waals surface area (Å²) >= 11 is 3.39. The second-order valence-electron chi connectivity index (χ2n) is 4.66. The number of halogens is 1. The van der Waals surface area contributed by atoms with Crippen molar-refractivity contribution in [3.63, 3.8) is 0 Å². The highest BCUT2D eigenvalue weighted by atomic mass is 79.9. The van der Waals surface area contributed by atoms with E-state index in [1.54, 1.807) is 13.1 Å². The first kappa shape index (κ1) is 14.7. The molecular formula is C15H16BrN3O. The lowest BCUT2D eigenvalue weighted by molar-refractivity contribution is 0.0938. The quantitative estimate of drug-likeness (QED) is 0.937. The number of aryl methyl sites for hydroxylation is 2. The molecular weight excluding hydrogens is 318 g/mol. The molecule has 0 radical (unpaired) electrons. The number of nitrogens with one attached hydrogen (secondary N) is 1. The van der Waals surface area contributed by atoms with Crippen molar-refractivity contribution in [2.75, 3.05) is 0 Å². The maximum atomic E-state index is 12.2. The predicted molar refractivity (Wildman–Crippen MR) is 81.5 cm³/mol. The van der Waals surface area contributed by atoms with Gasteiger partial charge in [0.05, 0.1) is 17.3 Å². The van der Waals surface area contributed by atoms with Crippen molar-refractivity contribution < 1.29 is 4.79 Å². The Kier molecular flexibility index (Phi) is 4.49. The van der Waals surface area contributed by atoms with Crippen LogP contribution in [0.15, 0.2) is 34.9 Å². The van der Waals surface area contributed by atoms with E-state index in [9.17, 15) is 4.79 Å². The Bertz CT molecular complexity index is 626. The SMILES string of the molecule is Cc1ncc(C(=O)N[C@H](C)c2ccc(Br)cc2)c(C)n1. The summed E-state index contributed by atoms with van der Waals surface area (Å²) in [6, 6.07) is 7.80. The fraction of sp³-hybridized carbons (Fsp3) is 0.267. The molecule has 0 bridgehead atoms. The maximum absolute atomic E-state index is 12.2. The highest BCUT2D eigenvalue weighted by molar-refractivity contribution is 9.10. The van der Waals surface area contributed by atoms with E-state index < -0.39 is 0 Å². The number of benzene rings is 1. The van der Waals surface area contributed by atoms with E-state index >= 15 is 0 Å². The number of rotatable bonds is 3. The lowest BCUT2D eigenvalue weighted by atomic mass is 10.1. The molecule has 2 rings (SSSR count). The average Bonchev–Trinajstić information content (AvgIpc) is 2.39. The molecule has 1 aromatic heterocycles. The highest BCUT2D eigenvalue weighted by Crippen LogP contribution is 2.17. The monoisotopic (exact) mass is 333 g/mol. The van der Waals surface area contributed by atoms with Crippen LogP contribution in [0.2, 0.25) is 0 Å². The van der Waals surface area contributed by atoms with Crippen LogP contribution in [0.5, 0.6) is 0 Å². The third-order valence-corrected chi connectivity index (χ3v) is 3.59. The molecule has 0 fully saturated rings. The van der Waals surface area contributed by atoms with Crippen molar-refractivity contribution in [3.8, 4) is 0 Å². The lowest BCUT2D eigenvalue weighted by Crippen LogP contribution is -2.27. The first-order valence-electron chi connectivity index (χ1n) is 6.34. The minimum Gasteiger partial charge on any atom is -0.345 e. The van der Waals surface area contributed by atoms with E-state index in [1.807, 2.05) is 38.1 Å². The smallest absolute Gasteiger partial charge is 0.255 e. The molecule has 20 heavy (non-hydrogen) atoms. The Hall–Kier alpha value is -1.75. The number of nitrogens with zero attached hydrogens (tertiary/aromatic N) is 2. The summed E-state index contributed by atoms with van der Waals surface area (Å²) in [6.45, 7) is 5.57. The van der Waals surface area contributed by atoms with Gasteiger partial charge in [-0.1, -0.05) is 28.1 Å². The Morgan fingerprint density at radius 3 is 2.50 bits per heavy atom. The van der Waals surface area contributed by atoms with Gasteiger partial charge in [0.1, 0.15) is 5.82 Å². The number of aromatic nitrogens is 2. The van der Waals surface area contributed by atoms with Gasteiger partial charge in [-0.05, 0) is 38.5 Å². The molecule has 0 aliphatic heterocycles. The van der Waals surface area contributed by atoms with Gasteiger partial charge in [0, 0.05) is 10.7 Å². The van der Waals surface area contributed by atoms with Crippen LogP contribution < -0.4 is 5.32 Å². The molecule has 2 aromatic rings. The number of carbonyl (C=O) groups is 1. The van der Waals surface area contributed by atoms with Crippen LogP contribution in [-0.4, -0.2) is 15.9 Å². The molecule has 1 aromatic carbocycles. The van der Waals surface area contributed by atoms with Crippen molar-refractivity contribution in [1.82, 2.24) is 15.3 Å². The first-order chi connectivity index (χ1) is 9.47. The van der Waals surface area contributed by atoms with Crippen LogP contribution in [0, 0.1) is 13.8 Å². The van der Waals surface area contributed by atoms with Gasteiger partial charge in [0.25, 0.3) is 5.91 Å². The molecule has 1 heterocycles. The summed E-state index contributed by atoms with van der Waals surface area (Å²) < 4.78 is 1.02. The fourth-order valence-electron chi connectivity index (χ4n) is 1.92. The largest absolute Gasteiger partial charge is 0.345 e. The van der Waals surface area contributed by atoms with Gasteiger partial charge in [0.15, 0.2) is 0 Å². The summed E-state index contributed by atoms with van der Waals surface area (Å²) in [7, 11) is 0. The molecule has 0 spiro atoms. The van der Waals surface area contributed by atoms with Crippen LogP contribution in [0.4, 0.5) is 0 Å². The summed E-state index contributed by atoms with van der Waals surface area (Å²) in [5.74, 6) is 0.512. The minimum atomic E-state index is -0.155. The number of hydrogen-bond donors (Lipinski definition) is 1. The molecule has 0 saturated carbocycles. The topological polar surface area (TPSA) is 54.9 Å². The van der Waals surface area contributed by atoms with E-state index in [-0.39, 0.29) is 11.9 Å². The molecule has 0 aliphatic rings. The van der Waals surface area contributed by atoms with Gasteiger partial charge in [-0.25, -0.2) is 9.97 Å². The van der Waals surface area contributed by atoms with Crippen molar-refractivity contribution >= 4 is 21.8 Å². The summed E-state index contributed by atoms with van der Waals surface area (Å²) in [5, 5.41) is 2.96. The van der Waals surface area contributed by atoms with Gasteiger partial charge in [-0.2, -0.15) is 0 Å². The Morgan fingerprint density at radius 1 is 1.25 bits per heavy atom. The van der Waals surface area contributed by atoms with Crippen molar-refractivity contribution in [2.24, 2.45) is 0 Å². The van der Waals surface area contributed by atoms with Crippen LogP contribution in [0.1, 0.15) is 40.4 Å². The molecule has 1 amide bonds. The van der Waals surface area contributed by atoms with E-state index in [4.69, 9.17) is 0 Å². The van der Waals surface area contributed by atoms with Gasteiger partial charge >= 0.3 is 0 Å². The number of amides is 1. The molecule has 0 aliphatic carbocycles. The summed E-state index contributed by atoms with van der Waals surface area (Å²) in [4.78, 5) is 20.5. The number of carbonyl (C=O) groups excluding carboxylic acids is 1. The summed E-state index contributed by atoms with van der Waals surface area (Å²) in [5.41, 5.74) is 2.25. The number of hydrogen-bond acceptors (Lipinski definition) is 3. The van der Waals surface area contributed by atoms with E-state index in [0.717, 1.165) is 10.0 Å². The maximum Gasteiger partial charge on any atom is 0.255 e. The van der Waals surface area contributed by atoms with Gasteiger partial charge in [0.2, 0.25) is 0 Å². The van der Waals surface area contributed by atoms with Gasteiger partial charge < -0.3 is 5.32 Å². The molecule has 1 atom stereocenters. The van der Waals surface area contributed by atoms with Crippen LogP contribution >= 0.6 is 15.9 Å². The molecule has 5 heteroatoms. The lowest BCUT2D eigenvalue weighted by Gasteiger charge is -2.15. The molecule has 1 N–H and O–H groups in total. The predicted octanol–water partition coefficient (Wildman–Crippen LogP) is 3.35. The molecule has 0 saturated heterocycles. The van der Waals surface area contributed by atoms with Crippen molar-refractivity contribution in [3.05, 3.63) is 57.6 Å². The van der Waals surface area contributed by atoms with E-state index in [2.05, 4.69) is 31.2 Å². The second-order valence-corrected chi connectivity index (χ2v) is 5.58. The molecule has 0 unspecified atom stereocenters. The Labute approximate surface area is 126 Å². The second kappa shape index (κ2) is 6.13. The van der Waals surface area contributed by atoms with E-state index in [0.29, 0.717) is 17.1 Å². The third-order valence-electron chi connectivity index (χ3n) is 3.06. The van der Waals surface area contributed by atoms with Crippen LogP contribution in [0.25, 0.3) is 0 Å². The van der Waals surface area contributed by atoms with Gasteiger partial charge in [-0.3, -0.25) is 4.79 Å². The van der Waals surface area contributed by atoms with E-state index in [1.165, 1.54) is 0 Å². The standard InChI is InChI=1S/C15H16BrN3O/c1-9(12-4-6-13(16)7-5-12)19-15(20)14-8-17-11(3)18-10(14)2/h4-9H,1-3H3,(H,19,20)/t9-/m1/s1. The zero-order valence-corrected chi connectivity index (χ0v) is 13.2. The Balaban J connectivity index is 2.13. The van der Waals surface area contributed by atoms with Crippen LogP contribution in [-0.2, 0) is 0 Å². The third kappa shape index (κ3) is 3.42. The van der Waals surface area contributed by atoms with Crippen molar-refractivity contribution in [2.45, 2.75) is 26.8 Å². The molecule has 104 valence electrons. The van der Waals surface area contributed by atoms with Gasteiger partial charge in [-0.15, -0.1) is 0 Å². The molecule has 4 nitrogen and oxygen atoms in total. The highest BCUT2D eigenvalue weighted by Gasteiger charge is 2.14. The van der Waals surface area contributed by atoms with Crippen LogP contribution in [0.3, 0.4) is 0 Å². The minimum absolute atomic E-state index is 0.0729. The fourth-order valence-corrected chi connectivity index (χ4v) is 2.18. The summed E-state index contributed by atoms with van der Waals surface area (Å²) in [6.07, 6.45) is 1.57. The zero-order chi connectivity index (χ0) is 14.7. The van der Waals surface area contributed by atoms with Crippen molar-refractivity contribution in [1.29, 1.82) is 0 Å². The average molecular weight is 334 g/mol. The zero-order valence-electron chi connectivity index (χ0n) is 11.6. The Morgan fingerprint density at radius 2 is 1.90 bits per heavy atom. The first-order valence-corrected chi connectivity index (χ1v) is 7.13.